The Balaban J connectivity index is 2.59. The van der Waals surface area contributed by atoms with Crippen molar-refractivity contribution in [3.05, 3.63) is 32.6 Å². The van der Waals surface area contributed by atoms with Crippen LogP contribution in [0.1, 0.15) is 12.5 Å². The second-order valence-corrected chi connectivity index (χ2v) is 3.57. The van der Waals surface area contributed by atoms with E-state index in [1.165, 1.54) is 4.57 Å². The van der Waals surface area contributed by atoms with Gasteiger partial charge in [-0.3, -0.25) is 14.3 Å². The van der Waals surface area contributed by atoms with E-state index in [0.717, 1.165) is 0 Å². The third-order valence-corrected chi connectivity index (χ3v) is 2.37. The summed E-state index contributed by atoms with van der Waals surface area (Å²) in [5.74, 6) is 0. The standard InChI is InChI=1S/C11H18N2O4/c1-3-9-8-13(11(15)12-10(9)14)4-5-17-7-6-16-2/h8H,3-7H2,1-2H3,(H,12,14,15). The van der Waals surface area contributed by atoms with Gasteiger partial charge in [0.25, 0.3) is 5.56 Å². The molecule has 0 aliphatic carbocycles. The van der Waals surface area contributed by atoms with Gasteiger partial charge in [0.05, 0.1) is 26.4 Å². The molecule has 6 heteroatoms. The highest BCUT2D eigenvalue weighted by atomic mass is 16.5. The fraction of sp³-hybridized carbons (Fsp3) is 0.636. The quantitative estimate of drug-likeness (QED) is 0.670. The second kappa shape index (κ2) is 7.03. The number of H-pyrrole nitrogens is 1. The number of nitrogens with one attached hydrogen (secondary N) is 1. The van der Waals surface area contributed by atoms with Crippen molar-refractivity contribution in [3.63, 3.8) is 0 Å². The van der Waals surface area contributed by atoms with Crippen molar-refractivity contribution in [1.82, 2.24) is 9.55 Å². The summed E-state index contributed by atoms with van der Waals surface area (Å²) >= 11 is 0. The molecular formula is C11H18N2O4. The molecule has 0 bridgehead atoms. The molecule has 1 N–H and O–H groups in total. The van der Waals surface area contributed by atoms with Crippen LogP contribution in [0.25, 0.3) is 0 Å². The van der Waals surface area contributed by atoms with E-state index in [-0.39, 0.29) is 5.56 Å². The maximum Gasteiger partial charge on any atom is 0.328 e. The van der Waals surface area contributed by atoms with Crippen molar-refractivity contribution in [2.24, 2.45) is 0 Å². The number of aromatic amines is 1. The lowest BCUT2D eigenvalue weighted by molar-refractivity contribution is 0.0661. The molecule has 1 rings (SSSR count). The van der Waals surface area contributed by atoms with Gasteiger partial charge in [-0.25, -0.2) is 4.79 Å². The van der Waals surface area contributed by atoms with Crippen LogP contribution >= 0.6 is 0 Å². The van der Waals surface area contributed by atoms with Gasteiger partial charge in [0.1, 0.15) is 0 Å². The Morgan fingerprint density at radius 2 is 2.06 bits per heavy atom. The molecule has 0 aliphatic heterocycles. The van der Waals surface area contributed by atoms with Crippen LogP contribution in [0.4, 0.5) is 0 Å². The Morgan fingerprint density at radius 3 is 2.71 bits per heavy atom. The first-order chi connectivity index (χ1) is 8.19. The van der Waals surface area contributed by atoms with Crippen molar-refractivity contribution < 1.29 is 9.47 Å². The molecule has 0 amide bonds. The zero-order valence-corrected chi connectivity index (χ0v) is 10.2. The first kappa shape index (κ1) is 13.7. The van der Waals surface area contributed by atoms with Crippen molar-refractivity contribution in [2.75, 3.05) is 26.9 Å². The molecule has 0 saturated heterocycles. The number of aryl methyl sites for hydroxylation is 1. The van der Waals surface area contributed by atoms with Crippen LogP contribution in [0, 0.1) is 0 Å². The first-order valence-corrected chi connectivity index (χ1v) is 5.58. The minimum atomic E-state index is -0.400. The average molecular weight is 242 g/mol. The summed E-state index contributed by atoms with van der Waals surface area (Å²) in [5.41, 5.74) is -0.113. The third-order valence-electron chi connectivity index (χ3n) is 2.37. The molecule has 0 aliphatic rings. The van der Waals surface area contributed by atoms with Gasteiger partial charge in [-0.15, -0.1) is 0 Å². The number of methoxy groups -OCH3 is 1. The molecule has 0 radical (unpaired) electrons. The van der Waals surface area contributed by atoms with Crippen molar-refractivity contribution in [3.8, 4) is 0 Å². The van der Waals surface area contributed by atoms with E-state index in [2.05, 4.69) is 4.98 Å². The van der Waals surface area contributed by atoms with Crippen LogP contribution in [-0.2, 0) is 22.4 Å². The van der Waals surface area contributed by atoms with Gasteiger partial charge in [0.2, 0.25) is 0 Å². The largest absolute Gasteiger partial charge is 0.382 e. The summed E-state index contributed by atoms with van der Waals surface area (Å²) in [4.78, 5) is 25.1. The van der Waals surface area contributed by atoms with E-state index < -0.39 is 5.69 Å². The first-order valence-electron chi connectivity index (χ1n) is 5.58. The topological polar surface area (TPSA) is 73.3 Å². The predicted octanol–water partition coefficient (Wildman–Crippen LogP) is -0.238. The molecule has 17 heavy (non-hydrogen) atoms. The number of hydrogen-bond donors (Lipinski definition) is 1. The molecule has 0 atom stereocenters. The summed E-state index contributed by atoms with van der Waals surface area (Å²) in [5, 5.41) is 0. The van der Waals surface area contributed by atoms with E-state index in [0.29, 0.717) is 38.3 Å². The Bertz CT molecular complexity index is 450. The molecule has 0 saturated carbocycles. The number of aromatic nitrogens is 2. The number of ether oxygens (including phenoxy) is 2. The summed E-state index contributed by atoms with van der Waals surface area (Å²) < 4.78 is 11.5. The van der Waals surface area contributed by atoms with E-state index in [1.807, 2.05) is 6.92 Å². The molecule has 1 aromatic heterocycles. The van der Waals surface area contributed by atoms with Gasteiger partial charge >= 0.3 is 5.69 Å². The highest BCUT2D eigenvalue weighted by Crippen LogP contribution is 1.89. The van der Waals surface area contributed by atoms with Gasteiger partial charge in [-0.05, 0) is 6.42 Å². The smallest absolute Gasteiger partial charge is 0.328 e. The van der Waals surface area contributed by atoms with Gasteiger partial charge in [-0.2, -0.15) is 0 Å². The molecular weight excluding hydrogens is 224 g/mol. The molecule has 0 spiro atoms. The van der Waals surface area contributed by atoms with E-state index >= 15 is 0 Å². The number of rotatable bonds is 7. The molecule has 1 heterocycles. The molecule has 0 unspecified atom stereocenters. The van der Waals surface area contributed by atoms with Crippen molar-refractivity contribution in [2.45, 2.75) is 19.9 Å². The number of hydrogen-bond acceptors (Lipinski definition) is 4. The maximum atomic E-state index is 11.5. The highest BCUT2D eigenvalue weighted by molar-refractivity contribution is 5.03. The second-order valence-electron chi connectivity index (χ2n) is 3.57. The number of nitrogens with zero attached hydrogens (tertiary/aromatic N) is 1. The Kier molecular flexibility index (Phi) is 5.65. The van der Waals surface area contributed by atoms with Crippen molar-refractivity contribution in [1.29, 1.82) is 0 Å². The van der Waals surface area contributed by atoms with Crippen molar-refractivity contribution >= 4 is 0 Å². The van der Waals surface area contributed by atoms with Crippen LogP contribution in [0.5, 0.6) is 0 Å². The fourth-order valence-electron chi connectivity index (χ4n) is 1.38. The Morgan fingerprint density at radius 1 is 1.29 bits per heavy atom. The molecule has 0 fully saturated rings. The lowest BCUT2D eigenvalue weighted by atomic mass is 10.3. The van der Waals surface area contributed by atoms with Gasteiger partial charge in [-0.1, -0.05) is 6.92 Å². The van der Waals surface area contributed by atoms with Gasteiger partial charge in [0.15, 0.2) is 0 Å². The molecule has 0 aromatic carbocycles. The molecule has 1 aromatic rings. The van der Waals surface area contributed by atoms with E-state index in [1.54, 1.807) is 13.3 Å². The Hall–Kier alpha value is -1.40. The van der Waals surface area contributed by atoms with Gasteiger partial charge in [0, 0.05) is 18.9 Å². The van der Waals surface area contributed by atoms with E-state index in [4.69, 9.17) is 9.47 Å². The van der Waals surface area contributed by atoms with Crippen LogP contribution in [0.15, 0.2) is 15.8 Å². The van der Waals surface area contributed by atoms with E-state index in [9.17, 15) is 9.59 Å². The summed E-state index contributed by atoms with van der Waals surface area (Å²) in [6.45, 7) is 3.73. The summed E-state index contributed by atoms with van der Waals surface area (Å²) in [6, 6.07) is 0. The third kappa shape index (κ3) is 4.16. The lowest BCUT2D eigenvalue weighted by Crippen LogP contribution is -2.32. The average Bonchev–Trinajstić information content (AvgIpc) is 2.31. The summed E-state index contributed by atoms with van der Waals surface area (Å²) in [6.07, 6.45) is 2.18. The normalized spacial score (nSPS) is 10.7. The highest BCUT2D eigenvalue weighted by Gasteiger charge is 2.02. The Labute approximate surface area is 99.2 Å². The SMILES string of the molecule is CCc1cn(CCOCCOC)c(=O)[nH]c1=O. The lowest BCUT2D eigenvalue weighted by Gasteiger charge is -2.07. The monoisotopic (exact) mass is 242 g/mol. The maximum absolute atomic E-state index is 11.5. The molecule has 6 nitrogen and oxygen atoms in total. The molecule has 96 valence electrons. The minimum absolute atomic E-state index is 0.311. The predicted molar refractivity (Wildman–Crippen MR) is 63.4 cm³/mol. The van der Waals surface area contributed by atoms with Gasteiger partial charge < -0.3 is 9.47 Å². The van der Waals surface area contributed by atoms with Crippen LogP contribution < -0.4 is 11.2 Å². The fourth-order valence-corrected chi connectivity index (χ4v) is 1.38. The summed E-state index contributed by atoms with van der Waals surface area (Å²) in [7, 11) is 1.60. The zero-order chi connectivity index (χ0) is 12.7. The van der Waals surface area contributed by atoms with Crippen LogP contribution in [0.2, 0.25) is 0 Å². The minimum Gasteiger partial charge on any atom is -0.382 e. The van der Waals surface area contributed by atoms with Crippen LogP contribution in [0.3, 0.4) is 0 Å². The van der Waals surface area contributed by atoms with Crippen LogP contribution in [-0.4, -0.2) is 36.5 Å². The zero-order valence-electron chi connectivity index (χ0n) is 10.2.